The molecule has 6 heteroatoms. The first-order valence-electron chi connectivity index (χ1n) is 6.91. The second-order valence-corrected chi connectivity index (χ2v) is 4.53. The Kier molecular flexibility index (Phi) is 6.39. The monoisotopic (exact) mass is 291 g/mol. The zero-order valence-corrected chi connectivity index (χ0v) is 12.6. The van der Waals surface area contributed by atoms with Crippen LogP contribution in [-0.2, 0) is 9.59 Å². The van der Waals surface area contributed by atoms with E-state index in [1.807, 2.05) is 13.8 Å². The van der Waals surface area contributed by atoms with Crippen LogP contribution in [-0.4, -0.2) is 42.3 Å². The second kappa shape index (κ2) is 8.04. The Morgan fingerprint density at radius 1 is 1.10 bits per heavy atom. The molecule has 21 heavy (non-hydrogen) atoms. The maximum Gasteiger partial charge on any atom is 0.254 e. The molecule has 0 saturated heterocycles. The first kappa shape index (κ1) is 16.7. The molecule has 0 unspecified atom stereocenters. The Hall–Kier alpha value is -2.37. The summed E-state index contributed by atoms with van der Waals surface area (Å²) >= 11 is 0. The summed E-state index contributed by atoms with van der Waals surface area (Å²) in [5, 5.41) is 5.30. The molecule has 1 aromatic rings. The zero-order valence-electron chi connectivity index (χ0n) is 12.6. The topological polar surface area (TPSA) is 78.5 Å². The van der Waals surface area contributed by atoms with E-state index in [1.54, 1.807) is 24.3 Å². The summed E-state index contributed by atoms with van der Waals surface area (Å²) in [7, 11) is 0. The molecule has 0 atom stereocenters. The molecule has 0 aliphatic carbocycles. The molecule has 1 aromatic carbocycles. The van der Waals surface area contributed by atoms with Crippen LogP contribution in [0.25, 0.3) is 0 Å². The fraction of sp³-hybridized carbons (Fsp3) is 0.400. The summed E-state index contributed by atoms with van der Waals surface area (Å²) in [4.78, 5) is 36.3. The van der Waals surface area contributed by atoms with Gasteiger partial charge in [-0.2, -0.15) is 0 Å². The van der Waals surface area contributed by atoms with Crippen LogP contribution in [0, 0.1) is 0 Å². The van der Waals surface area contributed by atoms with Crippen LogP contribution in [0.4, 0.5) is 5.69 Å². The van der Waals surface area contributed by atoms with Gasteiger partial charge in [0.05, 0.1) is 6.54 Å². The molecule has 0 spiro atoms. The Labute approximate surface area is 124 Å². The summed E-state index contributed by atoms with van der Waals surface area (Å²) in [6, 6.07) is 6.59. The van der Waals surface area contributed by atoms with Crippen LogP contribution in [0.2, 0.25) is 0 Å². The van der Waals surface area contributed by atoms with Crippen LogP contribution < -0.4 is 10.6 Å². The van der Waals surface area contributed by atoms with E-state index < -0.39 is 0 Å². The van der Waals surface area contributed by atoms with E-state index in [1.165, 1.54) is 11.8 Å². The average Bonchev–Trinajstić information content (AvgIpc) is 2.44. The molecule has 0 aliphatic rings. The number of amides is 3. The third-order valence-corrected chi connectivity index (χ3v) is 2.83. The number of carbonyl (C=O) groups is 3. The van der Waals surface area contributed by atoms with Gasteiger partial charge in [0.2, 0.25) is 11.8 Å². The number of carbonyl (C=O) groups excluding carboxylic acids is 3. The van der Waals surface area contributed by atoms with Gasteiger partial charge in [0, 0.05) is 31.3 Å². The van der Waals surface area contributed by atoms with E-state index in [9.17, 15) is 14.4 Å². The molecule has 0 fully saturated rings. The normalized spacial score (nSPS) is 9.86. The predicted molar refractivity (Wildman–Crippen MR) is 81.0 cm³/mol. The molecule has 3 amide bonds. The molecular weight excluding hydrogens is 270 g/mol. The lowest BCUT2D eigenvalue weighted by Crippen LogP contribution is -2.40. The highest BCUT2D eigenvalue weighted by molar-refractivity contribution is 5.97. The third-order valence-electron chi connectivity index (χ3n) is 2.83. The molecule has 0 aliphatic heterocycles. The maximum atomic E-state index is 12.3. The van der Waals surface area contributed by atoms with E-state index in [2.05, 4.69) is 10.6 Å². The molecule has 6 nitrogen and oxygen atoms in total. The number of hydrogen-bond acceptors (Lipinski definition) is 3. The molecule has 1 rings (SSSR count). The third kappa shape index (κ3) is 5.25. The number of anilines is 1. The first-order chi connectivity index (χ1) is 9.97. The van der Waals surface area contributed by atoms with Gasteiger partial charge in [-0.1, -0.05) is 0 Å². The van der Waals surface area contributed by atoms with Gasteiger partial charge in [0.15, 0.2) is 0 Å². The number of likely N-dealkylation sites (N-methyl/N-ethyl adjacent to an activating group) is 2. The first-order valence-corrected chi connectivity index (χ1v) is 6.91. The Bertz CT molecular complexity index is 511. The molecular formula is C15H21N3O3. The fourth-order valence-corrected chi connectivity index (χ4v) is 1.84. The van der Waals surface area contributed by atoms with Gasteiger partial charge in [-0.15, -0.1) is 0 Å². The number of hydrogen-bond donors (Lipinski definition) is 2. The van der Waals surface area contributed by atoms with Crippen molar-refractivity contribution in [2.24, 2.45) is 0 Å². The van der Waals surface area contributed by atoms with Crippen LogP contribution in [0.5, 0.6) is 0 Å². The molecule has 0 heterocycles. The lowest BCUT2D eigenvalue weighted by atomic mass is 10.1. The van der Waals surface area contributed by atoms with Crippen molar-refractivity contribution in [1.29, 1.82) is 0 Å². The van der Waals surface area contributed by atoms with Gasteiger partial charge in [0.25, 0.3) is 5.91 Å². The summed E-state index contributed by atoms with van der Waals surface area (Å²) in [6.45, 7) is 6.10. The van der Waals surface area contributed by atoms with Crippen LogP contribution in [0.15, 0.2) is 24.3 Å². The smallest absolute Gasteiger partial charge is 0.254 e. The van der Waals surface area contributed by atoms with E-state index in [4.69, 9.17) is 0 Å². The summed E-state index contributed by atoms with van der Waals surface area (Å²) in [5.41, 5.74) is 1.11. The molecule has 0 aromatic heterocycles. The predicted octanol–water partition coefficient (Wildman–Crippen LogP) is 1.24. The van der Waals surface area contributed by atoms with Crippen molar-refractivity contribution in [3.63, 3.8) is 0 Å². The maximum absolute atomic E-state index is 12.3. The highest BCUT2D eigenvalue weighted by Crippen LogP contribution is 2.11. The molecule has 0 bridgehead atoms. The van der Waals surface area contributed by atoms with Crippen molar-refractivity contribution in [3.8, 4) is 0 Å². The quantitative estimate of drug-likeness (QED) is 0.827. The average molecular weight is 291 g/mol. The van der Waals surface area contributed by atoms with Gasteiger partial charge in [-0.05, 0) is 38.1 Å². The van der Waals surface area contributed by atoms with Gasteiger partial charge in [0.1, 0.15) is 0 Å². The molecule has 114 valence electrons. The van der Waals surface area contributed by atoms with E-state index >= 15 is 0 Å². The molecule has 0 radical (unpaired) electrons. The van der Waals surface area contributed by atoms with Gasteiger partial charge in [-0.25, -0.2) is 0 Å². The number of benzene rings is 1. The minimum absolute atomic E-state index is 0.0383. The van der Waals surface area contributed by atoms with Crippen LogP contribution in [0.1, 0.15) is 31.1 Å². The number of nitrogens with one attached hydrogen (secondary N) is 2. The van der Waals surface area contributed by atoms with Crippen LogP contribution >= 0.6 is 0 Å². The van der Waals surface area contributed by atoms with Crippen LogP contribution in [0.3, 0.4) is 0 Å². The van der Waals surface area contributed by atoms with Gasteiger partial charge >= 0.3 is 0 Å². The van der Waals surface area contributed by atoms with E-state index in [0.717, 1.165) is 0 Å². The Morgan fingerprint density at radius 3 is 2.19 bits per heavy atom. The SMILES string of the molecule is CCNC(=O)CN(CC)C(=O)c1ccc(NC(C)=O)cc1. The van der Waals surface area contributed by atoms with Gasteiger partial charge in [-0.3, -0.25) is 14.4 Å². The Morgan fingerprint density at radius 2 is 1.71 bits per heavy atom. The summed E-state index contributed by atoms with van der Waals surface area (Å²) in [5.74, 6) is -0.554. The number of rotatable bonds is 6. The molecule has 2 N–H and O–H groups in total. The minimum Gasteiger partial charge on any atom is -0.355 e. The minimum atomic E-state index is -0.210. The summed E-state index contributed by atoms with van der Waals surface area (Å²) < 4.78 is 0. The standard InChI is InChI=1S/C15H21N3O3/c1-4-16-14(20)10-18(5-2)15(21)12-6-8-13(9-7-12)17-11(3)19/h6-9H,4-5,10H2,1-3H3,(H,16,20)(H,17,19). The van der Waals surface area contributed by atoms with Crippen molar-refractivity contribution in [2.75, 3.05) is 25.0 Å². The van der Waals surface area contributed by atoms with Crippen molar-refractivity contribution in [1.82, 2.24) is 10.2 Å². The lowest BCUT2D eigenvalue weighted by molar-refractivity contribution is -0.121. The van der Waals surface area contributed by atoms with E-state index in [-0.39, 0.29) is 24.3 Å². The lowest BCUT2D eigenvalue weighted by Gasteiger charge is -2.20. The fourth-order valence-electron chi connectivity index (χ4n) is 1.84. The summed E-state index contributed by atoms with van der Waals surface area (Å²) in [6.07, 6.45) is 0. The van der Waals surface area contributed by atoms with Crippen molar-refractivity contribution < 1.29 is 14.4 Å². The van der Waals surface area contributed by atoms with Crippen molar-refractivity contribution in [2.45, 2.75) is 20.8 Å². The highest BCUT2D eigenvalue weighted by atomic mass is 16.2. The zero-order chi connectivity index (χ0) is 15.8. The number of nitrogens with zero attached hydrogens (tertiary/aromatic N) is 1. The Balaban J connectivity index is 2.75. The van der Waals surface area contributed by atoms with E-state index in [0.29, 0.717) is 24.3 Å². The highest BCUT2D eigenvalue weighted by Gasteiger charge is 2.16. The van der Waals surface area contributed by atoms with Gasteiger partial charge < -0.3 is 15.5 Å². The largest absolute Gasteiger partial charge is 0.355 e. The van der Waals surface area contributed by atoms with Crippen molar-refractivity contribution >= 4 is 23.4 Å². The molecule has 0 saturated carbocycles. The van der Waals surface area contributed by atoms with Crippen molar-refractivity contribution in [3.05, 3.63) is 29.8 Å². The second-order valence-electron chi connectivity index (χ2n) is 4.53.